The standard InChI is InChI=1S/C13H15N3O/c1-15-9-8-12(14-15)16(2)13(17)10-11-6-4-3-5-7-11/h3-9H,10H2,1-2H3. The lowest BCUT2D eigenvalue weighted by molar-refractivity contribution is -0.117. The van der Waals surface area contributed by atoms with Crippen molar-refractivity contribution in [3.8, 4) is 0 Å². The second-order valence-corrected chi connectivity index (χ2v) is 3.96. The van der Waals surface area contributed by atoms with Crippen molar-refractivity contribution in [2.24, 2.45) is 7.05 Å². The van der Waals surface area contributed by atoms with Crippen LogP contribution < -0.4 is 4.90 Å². The van der Waals surface area contributed by atoms with Gasteiger partial charge in [-0.05, 0) is 5.56 Å². The molecule has 0 N–H and O–H groups in total. The number of amides is 1. The molecule has 4 heteroatoms. The van der Waals surface area contributed by atoms with Crippen LogP contribution >= 0.6 is 0 Å². The summed E-state index contributed by atoms with van der Waals surface area (Å²) in [4.78, 5) is 13.6. The number of nitrogens with zero attached hydrogens (tertiary/aromatic N) is 3. The van der Waals surface area contributed by atoms with Gasteiger partial charge in [-0.15, -0.1) is 0 Å². The van der Waals surface area contributed by atoms with Crippen molar-refractivity contribution in [1.29, 1.82) is 0 Å². The van der Waals surface area contributed by atoms with Crippen molar-refractivity contribution in [3.05, 3.63) is 48.2 Å². The number of hydrogen-bond acceptors (Lipinski definition) is 2. The van der Waals surface area contributed by atoms with Crippen LogP contribution in [0.25, 0.3) is 0 Å². The van der Waals surface area contributed by atoms with Gasteiger partial charge >= 0.3 is 0 Å². The van der Waals surface area contributed by atoms with Gasteiger partial charge in [0.05, 0.1) is 6.42 Å². The van der Waals surface area contributed by atoms with E-state index in [1.54, 1.807) is 16.6 Å². The molecular formula is C13H15N3O. The number of aryl methyl sites for hydroxylation is 1. The van der Waals surface area contributed by atoms with Crippen LogP contribution in [0.1, 0.15) is 5.56 Å². The molecule has 0 spiro atoms. The fourth-order valence-corrected chi connectivity index (χ4v) is 1.60. The van der Waals surface area contributed by atoms with Crippen LogP contribution in [0.4, 0.5) is 5.82 Å². The Morgan fingerprint density at radius 3 is 2.59 bits per heavy atom. The van der Waals surface area contributed by atoms with E-state index in [4.69, 9.17) is 0 Å². The Balaban J connectivity index is 2.06. The Labute approximate surface area is 100 Å². The van der Waals surface area contributed by atoms with E-state index >= 15 is 0 Å². The lowest BCUT2D eigenvalue weighted by Crippen LogP contribution is -2.28. The van der Waals surface area contributed by atoms with E-state index in [0.29, 0.717) is 12.2 Å². The molecule has 2 rings (SSSR count). The van der Waals surface area contributed by atoms with Gasteiger partial charge in [0.2, 0.25) is 5.91 Å². The van der Waals surface area contributed by atoms with Crippen LogP contribution in [0.3, 0.4) is 0 Å². The van der Waals surface area contributed by atoms with Crippen LogP contribution in [-0.2, 0) is 18.3 Å². The molecule has 0 radical (unpaired) electrons. The summed E-state index contributed by atoms with van der Waals surface area (Å²) in [6.07, 6.45) is 2.22. The molecule has 0 fully saturated rings. The lowest BCUT2D eigenvalue weighted by Gasteiger charge is -2.13. The molecular weight excluding hydrogens is 214 g/mol. The molecule has 0 atom stereocenters. The second kappa shape index (κ2) is 4.82. The summed E-state index contributed by atoms with van der Waals surface area (Å²) < 4.78 is 1.68. The van der Waals surface area contributed by atoms with Gasteiger partial charge in [-0.1, -0.05) is 30.3 Å². The number of likely N-dealkylation sites (N-methyl/N-ethyl adjacent to an activating group) is 1. The maximum atomic E-state index is 12.0. The molecule has 1 heterocycles. The Morgan fingerprint density at radius 2 is 2.00 bits per heavy atom. The molecule has 0 aliphatic carbocycles. The van der Waals surface area contributed by atoms with Gasteiger partial charge in [0.15, 0.2) is 5.82 Å². The summed E-state index contributed by atoms with van der Waals surface area (Å²) in [7, 11) is 3.58. The van der Waals surface area contributed by atoms with Gasteiger partial charge in [0.1, 0.15) is 0 Å². The molecule has 88 valence electrons. The quantitative estimate of drug-likeness (QED) is 0.802. The predicted molar refractivity (Wildman–Crippen MR) is 66.8 cm³/mol. The van der Waals surface area contributed by atoms with Gasteiger partial charge in [-0.3, -0.25) is 14.4 Å². The molecule has 17 heavy (non-hydrogen) atoms. The zero-order chi connectivity index (χ0) is 12.3. The summed E-state index contributed by atoms with van der Waals surface area (Å²) in [5.41, 5.74) is 1.01. The molecule has 0 bridgehead atoms. The van der Waals surface area contributed by atoms with Gasteiger partial charge in [-0.2, -0.15) is 5.10 Å². The third kappa shape index (κ3) is 2.72. The topological polar surface area (TPSA) is 38.1 Å². The summed E-state index contributed by atoms with van der Waals surface area (Å²) in [5.74, 6) is 0.711. The molecule has 0 aliphatic rings. The SMILES string of the molecule is CN(C(=O)Cc1ccccc1)c1ccn(C)n1. The van der Waals surface area contributed by atoms with Crippen LogP contribution in [0.2, 0.25) is 0 Å². The highest BCUT2D eigenvalue weighted by Crippen LogP contribution is 2.10. The van der Waals surface area contributed by atoms with E-state index in [-0.39, 0.29) is 5.91 Å². The molecule has 0 saturated carbocycles. The fourth-order valence-electron chi connectivity index (χ4n) is 1.60. The maximum Gasteiger partial charge on any atom is 0.232 e. The van der Waals surface area contributed by atoms with Crippen molar-refractivity contribution < 1.29 is 4.79 Å². The maximum absolute atomic E-state index is 12.0. The Kier molecular flexibility index (Phi) is 3.23. The predicted octanol–water partition coefficient (Wildman–Crippen LogP) is 1.63. The van der Waals surface area contributed by atoms with E-state index in [9.17, 15) is 4.79 Å². The van der Waals surface area contributed by atoms with Gasteiger partial charge in [0, 0.05) is 26.4 Å². The monoisotopic (exact) mass is 229 g/mol. The molecule has 2 aromatic rings. The molecule has 1 aromatic heterocycles. The van der Waals surface area contributed by atoms with Crippen LogP contribution in [0, 0.1) is 0 Å². The van der Waals surface area contributed by atoms with Crippen molar-refractivity contribution in [2.75, 3.05) is 11.9 Å². The van der Waals surface area contributed by atoms with Crippen LogP contribution in [0.15, 0.2) is 42.6 Å². The number of carbonyl (C=O) groups excluding carboxylic acids is 1. The highest BCUT2D eigenvalue weighted by molar-refractivity contribution is 5.93. The first kappa shape index (κ1) is 11.4. The zero-order valence-corrected chi connectivity index (χ0v) is 10.00. The first-order valence-electron chi connectivity index (χ1n) is 5.47. The van der Waals surface area contributed by atoms with Gasteiger partial charge in [-0.25, -0.2) is 0 Å². The van der Waals surface area contributed by atoms with Gasteiger partial charge in [0.25, 0.3) is 0 Å². The molecule has 0 unspecified atom stereocenters. The molecule has 0 saturated heterocycles. The second-order valence-electron chi connectivity index (χ2n) is 3.96. The summed E-state index contributed by atoms with van der Waals surface area (Å²) in [6.45, 7) is 0. The molecule has 1 amide bonds. The number of hydrogen-bond donors (Lipinski definition) is 0. The van der Waals surface area contributed by atoms with Crippen LogP contribution in [0.5, 0.6) is 0 Å². The first-order valence-corrected chi connectivity index (χ1v) is 5.47. The lowest BCUT2D eigenvalue weighted by atomic mass is 10.1. The van der Waals surface area contributed by atoms with E-state index in [2.05, 4.69) is 5.10 Å². The number of benzene rings is 1. The Bertz CT molecular complexity index is 504. The number of rotatable bonds is 3. The Hall–Kier alpha value is -2.10. The smallest absolute Gasteiger partial charge is 0.232 e. The third-order valence-electron chi connectivity index (χ3n) is 2.62. The molecule has 0 aliphatic heterocycles. The van der Waals surface area contributed by atoms with E-state index in [0.717, 1.165) is 5.56 Å². The van der Waals surface area contributed by atoms with E-state index in [1.807, 2.05) is 49.6 Å². The number of aromatic nitrogens is 2. The summed E-state index contributed by atoms with van der Waals surface area (Å²) in [6, 6.07) is 11.5. The van der Waals surface area contributed by atoms with E-state index in [1.165, 1.54) is 0 Å². The normalized spacial score (nSPS) is 10.2. The highest BCUT2D eigenvalue weighted by atomic mass is 16.2. The average molecular weight is 229 g/mol. The minimum Gasteiger partial charge on any atom is -0.298 e. The van der Waals surface area contributed by atoms with Crippen molar-refractivity contribution in [2.45, 2.75) is 6.42 Å². The molecule has 4 nitrogen and oxygen atoms in total. The molecule has 1 aromatic carbocycles. The number of carbonyl (C=O) groups is 1. The minimum atomic E-state index is 0.0369. The summed E-state index contributed by atoms with van der Waals surface area (Å²) in [5, 5.41) is 4.20. The third-order valence-corrected chi connectivity index (χ3v) is 2.62. The average Bonchev–Trinajstić information content (AvgIpc) is 2.76. The van der Waals surface area contributed by atoms with E-state index < -0.39 is 0 Å². The highest BCUT2D eigenvalue weighted by Gasteiger charge is 2.13. The zero-order valence-electron chi connectivity index (χ0n) is 10.00. The minimum absolute atomic E-state index is 0.0369. The Morgan fingerprint density at radius 1 is 1.29 bits per heavy atom. The largest absolute Gasteiger partial charge is 0.298 e. The van der Waals surface area contributed by atoms with Gasteiger partial charge < -0.3 is 0 Å². The van der Waals surface area contributed by atoms with Crippen LogP contribution in [-0.4, -0.2) is 22.7 Å². The van der Waals surface area contributed by atoms with Crippen molar-refractivity contribution >= 4 is 11.7 Å². The fraction of sp³-hybridized carbons (Fsp3) is 0.231. The number of anilines is 1. The van der Waals surface area contributed by atoms with Crippen molar-refractivity contribution in [3.63, 3.8) is 0 Å². The first-order chi connectivity index (χ1) is 8.16. The van der Waals surface area contributed by atoms with Crippen molar-refractivity contribution in [1.82, 2.24) is 9.78 Å². The summed E-state index contributed by atoms with van der Waals surface area (Å²) >= 11 is 0.